The second-order valence-corrected chi connectivity index (χ2v) is 7.23. The minimum Gasteiger partial charge on any atom is -0.508 e. The van der Waals surface area contributed by atoms with Crippen LogP contribution in [0.15, 0.2) is 56.1 Å². The zero-order chi connectivity index (χ0) is 18.7. The molecule has 1 aromatic heterocycles. The van der Waals surface area contributed by atoms with Gasteiger partial charge in [0.2, 0.25) is 0 Å². The molecule has 0 aliphatic carbocycles. The SMILES string of the molecule is CCc1cc2c(CN[C@H](CC)c3ccc(Br)cc3)cc(=O)oc2cc1O. The minimum atomic E-state index is -0.408. The van der Waals surface area contributed by atoms with Crippen molar-refractivity contribution in [2.75, 3.05) is 0 Å². The molecule has 1 atom stereocenters. The van der Waals surface area contributed by atoms with Gasteiger partial charge in [0.25, 0.3) is 0 Å². The Hall–Kier alpha value is -2.11. The summed E-state index contributed by atoms with van der Waals surface area (Å²) in [4.78, 5) is 11.9. The number of benzene rings is 2. The molecule has 1 heterocycles. The number of fused-ring (bicyclic) bond motifs is 1. The Kier molecular flexibility index (Phi) is 5.79. The van der Waals surface area contributed by atoms with Crippen molar-refractivity contribution in [3.8, 4) is 5.75 Å². The molecule has 2 aromatic carbocycles. The molecule has 0 unspecified atom stereocenters. The average Bonchev–Trinajstić information content (AvgIpc) is 2.62. The van der Waals surface area contributed by atoms with Gasteiger partial charge in [-0.2, -0.15) is 0 Å². The highest BCUT2D eigenvalue weighted by atomic mass is 79.9. The van der Waals surface area contributed by atoms with E-state index in [9.17, 15) is 9.90 Å². The van der Waals surface area contributed by atoms with Gasteiger partial charge in [-0.25, -0.2) is 4.79 Å². The molecule has 4 nitrogen and oxygen atoms in total. The van der Waals surface area contributed by atoms with Crippen LogP contribution >= 0.6 is 15.9 Å². The molecule has 0 fully saturated rings. The second kappa shape index (κ2) is 8.06. The summed E-state index contributed by atoms with van der Waals surface area (Å²) < 4.78 is 6.32. The van der Waals surface area contributed by atoms with Crippen LogP contribution in [0.2, 0.25) is 0 Å². The monoisotopic (exact) mass is 415 g/mol. The molecule has 0 spiro atoms. The van der Waals surface area contributed by atoms with Crippen LogP contribution in [0.1, 0.15) is 43.0 Å². The lowest BCUT2D eigenvalue weighted by Gasteiger charge is -2.18. The predicted molar refractivity (Wildman–Crippen MR) is 108 cm³/mol. The van der Waals surface area contributed by atoms with E-state index in [2.05, 4.69) is 40.3 Å². The zero-order valence-corrected chi connectivity index (χ0v) is 16.5. The molecule has 136 valence electrons. The van der Waals surface area contributed by atoms with E-state index in [4.69, 9.17) is 4.42 Å². The number of aromatic hydroxyl groups is 1. The molecular formula is C21H22BrNO3. The van der Waals surface area contributed by atoms with Crippen molar-refractivity contribution in [3.63, 3.8) is 0 Å². The third-order valence-corrected chi connectivity index (χ3v) is 5.16. The van der Waals surface area contributed by atoms with E-state index in [1.165, 1.54) is 17.7 Å². The van der Waals surface area contributed by atoms with Crippen molar-refractivity contribution in [1.29, 1.82) is 0 Å². The van der Waals surface area contributed by atoms with Crippen LogP contribution in [0.3, 0.4) is 0 Å². The maximum Gasteiger partial charge on any atom is 0.336 e. The van der Waals surface area contributed by atoms with E-state index >= 15 is 0 Å². The van der Waals surface area contributed by atoms with E-state index in [0.29, 0.717) is 18.5 Å². The maximum atomic E-state index is 11.9. The summed E-state index contributed by atoms with van der Waals surface area (Å²) in [5.41, 5.74) is 2.93. The fourth-order valence-electron chi connectivity index (χ4n) is 3.16. The van der Waals surface area contributed by atoms with Crippen LogP contribution in [-0.2, 0) is 13.0 Å². The Morgan fingerprint density at radius 1 is 1.12 bits per heavy atom. The number of nitrogens with one attached hydrogen (secondary N) is 1. The zero-order valence-electron chi connectivity index (χ0n) is 14.9. The first-order chi connectivity index (χ1) is 12.5. The van der Waals surface area contributed by atoms with E-state index in [1.54, 1.807) is 0 Å². The minimum absolute atomic E-state index is 0.162. The summed E-state index contributed by atoms with van der Waals surface area (Å²) in [6.45, 7) is 4.66. The normalized spacial score (nSPS) is 12.4. The average molecular weight is 416 g/mol. The number of phenols is 1. The Balaban J connectivity index is 1.92. The third kappa shape index (κ3) is 4.00. The lowest BCUT2D eigenvalue weighted by atomic mass is 10.0. The van der Waals surface area contributed by atoms with E-state index in [-0.39, 0.29) is 11.8 Å². The number of hydrogen-bond donors (Lipinski definition) is 2. The molecule has 26 heavy (non-hydrogen) atoms. The molecular weight excluding hydrogens is 394 g/mol. The summed E-state index contributed by atoms with van der Waals surface area (Å²) >= 11 is 3.46. The fourth-order valence-corrected chi connectivity index (χ4v) is 3.43. The highest BCUT2D eigenvalue weighted by Crippen LogP contribution is 2.27. The van der Waals surface area contributed by atoms with Crippen molar-refractivity contribution in [3.05, 3.63) is 74.0 Å². The molecule has 3 aromatic rings. The smallest absolute Gasteiger partial charge is 0.336 e. The standard InChI is InChI=1S/C21H22BrNO3/c1-3-13-9-17-15(10-21(25)26-20(17)11-19(13)24)12-23-18(4-2)14-5-7-16(22)8-6-14/h5-11,18,23-24H,3-4,12H2,1-2H3/t18-/m1/s1. The Bertz CT molecular complexity index is 963. The van der Waals surface area contributed by atoms with Crippen LogP contribution in [0.4, 0.5) is 0 Å². The topological polar surface area (TPSA) is 62.5 Å². The second-order valence-electron chi connectivity index (χ2n) is 6.31. The molecule has 0 saturated carbocycles. The molecule has 0 saturated heterocycles. The van der Waals surface area contributed by atoms with Gasteiger partial charge in [-0.1, -0.05) is 41.9 Å². The molecule has 5 heteroatoms. The van der Waals surface area contributed by atoms with Crippen molar-refractivity contribution >= 4 is 26.9 Å². The highest BCUT2D eigenvalue weighted by Gasteiger charge is 2.13. The van der Waals surface area contributed by atoms with Gasteiger partial charge in [0.05, 0.1) is 0 Å². The summed E-state index contributed by atoms with van der Waals surface area (Å²) in [5, 5.41) is 14.4. The van der Waals surface area contributed by atoms with Crippen molar-refractivity contribution in [2.45, 2.75) is 39.3 Å². The first-order valence-electron chi connectivity index (χ1n) is 8.79. The number of phenolic OH excluding ortho intramolecular Hbond substituents is 1. The molecule has 0 aliphatic heterocycles. The summed E-state index contributed by atoms with van der Waals surface area (Å²) in [7, 11) is 0. The fraction of sp³-hybridized carbons (Fsp3) is 0.286. The Labute approximate surface area is 161 Å². The van der Waals surface area contributed by atoms with Gasteiger partial charge in [0.1, 0.15) is 11.3 Å². The molecule has 3 rings (SSSR count). The van der Waals surface area contributed by atoms with Gasteiger partial charge in [-0.15, -0.1) is 0 Å². The van der Waals surface area contributed by atoms with Gasteiger partial charge < -0.3 is 14.8 Å². The van der Waals surface area contributed by atoms with Crippen LogP contribution < -0.4 is 10.9 Å². The van der Waals surface area contributed by atoms with E-state index in [0.717, 1.165) is 27.4 Å². The molecule has 2 N–H and O–H groups in total. The number of halogens is 1. The highest BCUT2D eigenvalue weighted by molar-refractivity contribution is 9.10. The number of hydrogen-bond acceptors (Lipinski definition) is 4. The first kappa shape index (κ1) is 18.7. The van der Waals surface area contributed by atoms with Gasteiger partial charge in [-0.05, 0) is 47.7 Å². The van der Waals surface area contributed by atoms with E-state index in [1.807, 2.05) is 25.1 Å². The van der Waals surface area contributed by atoms with Crippen molar-refractivity contribution < 1.29 is 9.52 Å². The molecule has 0 amide bonds. The molecule has 0 radical (unpaired) electrons. The third-order valence-electron chi connectivity index (χ3n) is 4.63. The van der Waals surface area contributed by atoms with Gasteiger partial charge in [0.15, 0.2) is 0 Å². The molecule has 0 aliphatic rings. The number of rotatable bonds is 6. The van der Waals surface area contributed by atoms with Crippen LogP contribution in [0.5, 0.6) is 5.75 Å². The van der Waals surface area contributed by atoms with Crippen molar-refractivity contribution in [2.24, 2.45) is 0 Å². The quantitative estimate of drug-likeness (QED) is 0.551. The lowest BCUT2D eigenvalue weighted by Crippen LogP contribution is -2.21. The van der Waals surface area contributed by atoms with Crippen LogP contribution in [0.25, 0.3) is 11.0 Å². The Morgan fingerprint density at radius 3 is 2.50 bits per heavy atom. The van der Waals surface area contributed by atoms with Gasteiger partial charge >= 0.3 is 5.63 Å². The largest absolute Gasteiger partial charge is 0.508 e. The predicted octanol–water partition coefficient (Wildman–Crippen LogP) is 5.06. The van der Waals surface area contributed by atoms with Crippen LogP contribution in [-0.4, -0.2) is 5.11 Å². The van der Waals surface area contributed by atoms with Crippen molar-refractivity contribution in [1.82, 2.24) is 5.32 Å². The Morgan fingerprint density at radius 2 is 1.85 bits per heavy atom. The summed E-state index contributed by atoms with van der Waals surface area (Å²) in [5.74, 6) is 0.162. The summed E-state index contributed by atoms with van der Waals surface area (Å²) in [6.07, 6.45) is 1.65. The van der Waals surface area contributed by atoms with Gasteiger partial charge in [0, 0.05) is 34.6 Å². The molecule has 0 bridgehead atoms. The first-order valence-corrected chi connectivity index (χ1v) is 9.58. The summed E-state index contributed by atoms with van der Waals surface area (Å²) in [6, 6.07) is 13.4. The lowest BCUT2D eigenvalue weighted by molar-refractivity contribution is 0.466. The van der Waals surface area contributed by atoms with E-state index < -0.39 is 5.63 Å². The maximum absolute atomic E-state index is 11.9. The van der Waals surface area contributed by atoms with Crippen LogP contribution in [0, 0.1) is 0 Å². The number of aryl methyl sites for hydroxylation is 1. The van der Waals surface area contributed by atoms with Gasteiger partial charge in [-0.3, -0.25) is 0 Å².